The molecule has 1 aromatic heterocycles. The first kappa shape index (κ1) is 19.3. The van der Waals surface area contributed by atoms with Crippen LogP contribution in [0.3, 0.4) is 0 Å². The lowest BCUT2D eigenvalue weighted by atomic mass is 10.1. The Hall–Kier alpha value is -2.98. The zero-order valence-corrected chi connectivity index (χ0v) is 16.9. The van der Waals surface area contributed by atoms with E-state index in [9.17, 15) is 4.79 Å². The SMILES string of the molecule is Cc1cccc(CN(Cc2ccccc2)Cc2ccc(N3CCCC3=O)cc2)n1. The monoisotopic (exact) mass is 385 g/mol. The van der Waals surface area contributed by atoms with Crippen LogP contribution in [0, 0.1) is 6.92 Å². The van der Waals surface area contributed by atoms with Crippen LogP contribution in [0.2, 0.25) is 0 Å². The van der Waals surface area contributed by atoms with Gasteiger partial charge in [0.15, 0.2) is 0 Å². The fraction of sp³-hybridized carbons (Fsp3) is 0.280. The van der Waals surface area contributed by atoms with E-state index in [1.54, 1.807) is 0 Å². The number of hydrogen-bond acceptors (Lipinski definition) is 3. The zero-order valence-electron chi connectivity index (χ0n) is 16.9. The molecule has 4 nitrogen and oxygen atoms in total. The van der Waals surface area contributed by atoms with Crippen molar-refractivity contribution >= 4 is 11.6 Å². The van der Waals surface area contributed by atoms with E-state index in [0.717, 1.165) is 49.7 Å². The molecule has 148 valence electrons. The first-order valence-electron chi connectivity index (χ1n) is 10.3. The van der Waals surface area contributed by atoms with Gasteiger partial charge in [-0.15, -0.1) is 0 Å². The second-order valence-electron chi connectivity index (χ2n) is 7.72. The summed E-state index contributed by atoms with van der Waals surface area (Å²) in [7, 11) is 0. The molecule has 0 bridgehead atoms. The van der Waals surface area contributed by atoms with Gasteiger partial charge in [-0.25, -0.2) is 0 Å². The number of pyridine rings is 1. The minimum atomic E-state index is 0.231. The first-order valence-corrected chi connectivity index (χ1v) is 10.3. The molecule has 1 aliphatic rings. The van der Waals surface area contributed by atoms with Crippen molar-refractivity contribution < 1.29 is 4.79 Å². The van der Waals surface area contributed by atoms with Crippen molar-refractivity contribution in [2.45, 2.75) is 39.4 Å². The van der Waals surface area contributed by atoms with E-state index >= 15 is 0 Å². The molecule has 0 unspecified atom stereocenters. The van der Waals surface area contributed by atoms with E-state index in [4.69, 9.17) is 0 Å². The molecule has 0 spiro atoms. The fourth-order valence-corrected chi connectivity index (χ4v) is 3.89. The van der Waals surface area contributed by atoms with E-state index in [1.807, 2.05) is 24.0 Å². The number of anilines is 1. The number of amides is 1. The smallest absolute Gasteiger partial charge is 0.227 e. The van der Waals surface area contributed by atoms with Gasteiger partial charge in [0, 0.05) is 44.0 Å². The van der Waals surface area contributed by atoms with E-state index < -0.39 is 0 Å². The molecule has 2 aromatic carbocycles. The summed E-state index contributed by atoms with van der Waals surface area (Å²) in [5.74, 6) is 0.231. The summed E-state index contributed by atoms with van der Waals surface area (Å²) >= 11 is 0. The van der Waals surface area contributed by atoms with Gasteiger partial charge in [-0.3, -0.25) is 14.7 Å². The Bertz CT molecular complexity index is 953. The average molecular weight is 386 g/mol. The molecule has 1 saturated heterocycles. The lowest BCUT2D eigenvalue weighted by Crippen LogP contribution is -2.24. The number of rotatable bonds is 7. The predicted octanol–water partition coefficient (Wildman–Crippen LogP) is 4.72. The molecule has 3 aromatic rings. The molecule has 0 saturated carbocycles. The van der Waals surface area contributed by atoms with Crippen LogP contribution in [0.15, 0.2) is 72.8 Å². The van der Waals surface area contributed by atoms with Crippen LogP contribution in [-0.4, -0.2) is 22.3 Å². The highest BCUT2D eigenvalue weighted by Crippen LogP contribution is 2.22. The molecular formula is C25H27N3O. The predicted molar refractivity (Wildman–Crippen MR) is 116 cm³/mol. The summed E-state index contributed by atoms with van der Waals surface area (Å²) in [6, 6.07) is 25.2. The lowest BCUT2D eigenvalue weighted by molar-refractivity contribution is -0.117. The van der Waals surface area contributed by atoms with Crippen molar-refractivity contribution in [2.75, 3.05) is 11.4 Å². The van der Waals surface area contributed by atoms with Gasteiger partial charge >= 0.3 is 0 Å². The van der Waals surface area contributed by atoms with E-state index in [1.165, 1.54) is 11.1 Å². The average Bonchev–Trinajstić information content (AvgIpc) is 3.15. The molecule has 4 heteroatoms. The molecule has 29 heavy (non-hydrogen) atoms. The van der Waals surface area contributed by atoms with Gasteiger partial charge < -0.3 is 4.90 Å². The van der Waals surface area contributed by atoms with Gasteiger partial charge in [0.1, 0.15) is 0 Å². The number of carbonyl (C=O) groups is 1. The maximum atomic E-state index is 12.0. The molecule has 2 heterocycles. The van der Waals surface area contributed by atoms with Crippen molar-refractivity contribution in [3.8, 4) is 0 Å². The molecule has 1 amide bonds. The summed E-state index contributed by atoms with van der Waals surface area (Å²) in [5.41, 5.74) is 5.66. The molecule has 1 fully saturated rings. The number of nitrogens with zero attached hydrogens (tertiary/aromatic N) is 3. The van der Waals surface area contributed by atoms with Gasteiger partial charge in [-0.2, -0.15) is 0 Å². The Kier molecular flexibility index (Phi) is 6.01. The first-order chi connectivity index (χ1) is 14.2. The molecule has 4 rings (SSSR count). The Morgan fingerprint density at radius 2 is 1.59 bits per heavy atom. The van der Waals surface area contributed by atoms with Gasteiger partial charge in [-0.1, -0.05) is 48.5 Å². The Balaban J connectivity index is 1.50. The van der Waals surface area contributed by atoms with Crippen LogP contribution in [-0.2, 0) is 24.4 Å². The van der Waals surface area contributed by atoms with E-state index in [0.29, 0.717) is 6.42 Å². The van der Waals surface area contributed by atoms with Crippen LogP contribution >= 0.6 is 0 Å². The van der Waals surface area contributed by atoms with Gasteiger partial charge in [0.25, 0.3) is 0 Å². The fourth-order valence-electron chi connectivity index (χ4n) is 3.89. The normalized spacial score (nSPS) is 14.0. The molecular weight excluding hydrogens is 358 g/mol. The number of hydrogen-bond donors (Lipinski definition) is 0. The minimum Gasteiger partial charge on any atom is -0.312 e. The molecule has 0 radical (unpaired) electrons. The van der Waals surface area contributed by atoms with Crippen molar-refractivity contribution in [3.05, 3.63) is 95.3 Å². The lowest BCUT2D eigenvalue weighted by Gasteiger charge is -2.23. The molecule has 0 aliphatic carbocycles. The largest absolute Gasteiger partial charge is 0.312 e. The van der Waals surface area contributed by atoms with Crippen LogP contribution < -0.4 is 4.90 Å². The molecule has 0 atom stereocenters. The maximum absolute atomic E-state index is 12.0. The van der Waals surface area contributed by atoms with Gasteiger partial charge in [0.2, 0.25) is 5.91 Å². The number of aromatic nitrogens is 1. The third-order valence-electron chi connectivity index (χ3n) is 5.31. The maximum Gasteiger partial charge on any atom is 0.227 e. The van der Waals surface area contributed by atoms with E-state index in [2.05, 4.69) is 70.5 Å². The van der Waals surface area contributed by atoms with Gasteiger partial charge in [0.05, 0.1) is 5.69 Å². The topological polar surface area (TPSA) is 36.4 Å². The highest BCUT2D eigenvalue weighted by atomic mass is 16.2. The second-order valence-corrected chi connectivity index (χ2v) is 7.72. The summed E-state index contributed by atoms with van der Waals surface area (Å²) in [6.45, 7) is 5.35. The summed E-state index contributed by atoms with van der Waals surface area (Å²) in [5, 5.41) is 0. The quantitative estimate of drug-likeness (QED) is 0.590. The summed E-state index contributed by atoms with van der Waals surface area (Å²) in [4.78, 5) is 21.0. The number of aryl methyl sites for hydroxylation is 1. The van der Waals surface area contributed by atoms with Crippen LogP contribution in [0.4, 0.5) is 5.69 Å². The standard InChI is InChI=1S/C25H27N3O/c1-20-7-5-10-23(26-20)19-27(17-21-8-3-2-4-9-21)18-22-12-14-24(15-13-22)28-16-6-11-25(28)29/h2-5,7-10,12-15H,6,11,16-19H2,1H3. The zero-order chi connectivity index (χ0) is 20.1. The van der Waals surface area contributed by atoms with Crippen molar-refractivity contribution in [1.82, 2.24) is 9.88 Å². The second kappa shape index (κ2) is 9.01. The molecule has 0 N–H and O–H groups in total. The van der Waals surface area contributed by atoms with Crippen molar-refractivity contribution in [3.63, 3.8) is 0 Å². The Labute approximate surface area is 172 Å². The van der Waals surface area contributed by atoms with Crippen molar-refractivity contribution in [1.29, 1.82) is 0 Å². The van der Waals surface area contributed by atoms with Crippen LogP contribution in [0.1, 0.15) is 35.4 Å². The number of carbonyl (C=O) groups excluding carboxylic acids is 1. The molecule has 1 aliphatic heterocycles. The minimum absolute atomic E-state index is 0.231. The van der Waals surface area contributed by atoms with E-state index in [-0.39, 0.29) is 5.91 Å². The third-order valence-corrected chi connectivity index (χ3v) is 5.31. The van der Waals surface area contributed by atoms with Gasteiger partial charge in [-0.05, 0) is 48.7 Å². The Morgan fingerprint density at radius 3 is 2.24 bits per heavy atom. The number of benzene rings is 2. The summed E-state index contributed by atoms with van der Waals surface area (Å²) in [6.07, 6.45) is 1.62. The third kappa shape index (κ3) is 5.09. The van der Waals surface area contributed by atoms with Crippen LogP contribution in [0.5, 0.6) is 0 Å². The van der Waals surface area contributed by atoms with Crippen LogP contribution in [0.25, 0.3) is 0 Å². The highest BCUT2D eigenvalue weighted by molar-refractivity contribution is 5.95. The highest BCUT2D eigenvalue weighted by Gasteiger charge is 2.21. The Morgan fingerprint density at radius 1 is 0.862 bits per heavy atom. The van der Waals surface area contributed by atoms with Crippen molar-refractivity contribution in [2.24, 2.45) is 0 Å². The summed E-state index contributed by atoms with van der Waals surface area (Å²) < 4.78 is 0.